The van der Waals surface area contributed by atoms with E-state index in [1.807, 2.05) is 0 Å². The van der Waals surface area contributed by atoms with Gasteiger partial charge in [0, 0.05) is 11.8 Å². The monoisotopic (exact) mass is 650 g/mol. The summed E-state index contributed by atoms with van der Waals surface area (Å²) in [5, 5.41) is 44.2. The zero-order valence-electron chi connectivity index (χ0n) is 26.1. The topological polar surface area (TPSA) is 116 Å². The largest absolute Gasteiger partial charge is 0.362 e. The summed E-state index contributed by atoms with van der Waals surface area (Å²) in [6, 6.07) is 0. The molecule has 0 spiro atoms. The van der Waals surface area contributed by atoms with E-state index in [0.29, 0.717) is 66.1 Å². The Balaban J connectivity index is 1.07. The predicted molar refractivity (Wildman–Crippen MR) is 173 cm³/mol. The quantitative estimate of drug-likeness (QED) is 0.198. The Morgan fingerprint density at radius 3 is 0.955 bits per heavy atom. The molecule has 0 amide bonds. The summed E-state index contributed by atoms with van der Waals surface area (Å²) in [5.41, 5.74) is 0. The summed E-state index contributed by atoms with van der Waals surface area (Å²) in [6.45, 7) is 0. The summed E-state index contributed by atoms with van der Waals surface area (Å²) in [4.78, 5) is 0. The minimum absolute atomic E-state index is 0.0350. The molecule has 11 heteroatoms. The Kier molecular flexibility index (Phi) is 8.24. The second kappa shape index (κ2) is 12.0. The van der Waals surface area contributed by atoms with Crippen LogP contribution in [0.3, 0.4) is 0 Å². The van der Waals surface area contributed by atoms with Gasteiger partial charge in [-0.1, -0.05) is 68.1 Å². The molecule has 0 radical (unpaired) electrons. The third-order valence-corrected chi connectivity index (χ3v) is 14.9. The van der Waals surface area contributed by atoms with Gasteiger partial charge in [-0.3, -0.25) is 42.5 Å². The lowest BCUT2D eigenvalue weighted by Crippen LogP contribution is -2.62. The number of rotatable bonds is 1. The van der Waals surface area contributed by atoms with Crippen molar-refractivity contribution in [1.82, 2.24) is 42.5 Å². The van der Waals surface area contributed by atoms with Gasteiger partial charge in [-0.05, 0) is 92.8 Å². The van der Waals surface area contributed by atoms with E-state index in [2.05, 4.69) is 42.5 Å². The summed E-state index contributed by atoms with van der Waals surface area (Å²) < 4.78 is -1.73. The number of nitrogens with one attached hydrogen (secondary N) is 8. The molecule has 5 saturated heterocycles. The fraction of sp³-hybridized carbons (Fsp3) is 1.00. The van der Waals surface area contributed by atoms with Crippen LogP contribution >= 0.6 is 23.2 Å². The summed E-state index contributed by atoms with van der Waals surface area (Å²) >= 11 is 13.1. The van der Waals surface area contributed by atoms with Gasteiger partial charge in [0.2, 0.25) is 4.52 Å². The summed E-state index contributed by atoms with van der Waals surface area (Å²) in [6.07, 6.45) is 20.8. The lowest BCUT2D eigenvalue weighted by molar-refractivity contribution is 0.0339. The molecule has 9 nitrogen and oxygen atoms in total. The van der Waals surface area contributed by atoms with Crippen LogP contribution in [0.2, 0.25) is 0 Å². The van der Waals surface area contributed by atoms with E-state index in [9.17, 15) is 5.11 Å². The molecule has 4 aliphatic carbocycles. The molecule has 17 unspecified atom stereocenters. The Morgan fingerprint density at radius 2 is 0.636 bits per heavy atom. The van der Waals surface area contributed by atoms with Gasteiger partial charge in [0.15, 0.2) is 0 Å². The molecule has 9 fully saturated rings. The van der Waals surface area contributed by atoms with Crippen LogP contribution in [0.25, 0.3) is 0 Å². The number of hydrogen-bond donors (Lipinski definition) is 9. The zero-order valence-corrected chi connectivity index (χ0v) is 27.6. The van der Waals surface area contributed by atoms with Crippen molar-refractivity contribution in [1.29, 1.82) is 0 Å². The second-order valence-corrected chi connectivity index (χ2v) is 17.7. The first-order chi connectivity index (χ1) is 21.4. The second-order valence-electron chi connectivity index (χ2n) is 16.4. The van der Waals surface area contributed by atoms with Crippen LogP contribution < -0.4 is 42.5 Å². The van der Waals surface area contributed by atoms with Gasteiger partial charge in [-0.2, -0.15) is 0 Å². The van der Waals surface area contributed by atoms with Gasteiger partial charge in [0.1, 0.15) is 0 Å². The standard InChI is InChI=1S/C33H56Cl2N8O/c34-33(35,44)23-15-7-14-22-24(23)32-42-30-21-13-6-5-12-20(21)28(40-30)38-26-17-9-2-1-8-16(17)25(36-26)37-27-18-10-3-4-11-19(18)29(39-27)41-31(22)43-32/h16-32,36-44H,1-15H2. The van der Waals surface area contributed by atoms with Gasteiger partial charge in [0.25, 0.3) is 0 Å². The highest BCUT2D eigenvalue weighted by molar-refractivity contribution is 6.47. The number of hydrogen-bond acceptors (Lipinski definition) is 9. The van der Waals surface area contributed by atoms with E-state index in [1.54, 1.807) is 0 Å². The van der Waals surface area contributed by atoms with E-state index in [0.717, 1.165) is 19.3 Å². The van der Waals surface area contributed by atoms with Crippen molar-refractivity contribution in [2.45, 2.75) is 150 Å². The van der Waals surface area contributed by atoms with Crippen LogP contribution in [0.15, 0.2) is 0 Å². The minimum atomic E-state index is -1.73. The molecule has 9 aliphatic rings. The lowest BCUT2D eigenvalue weighted by atomic mass is 9.71. The molecule has 5 aliphatic heterocycles. The molecular weight excluding hydrogens is 595 g/mol. The molecule has 9 rings (SSSR count). The number of halogens is 2. The normalized spacial score (nSPS) is 55.6. The van der Waals surface area contributed by atoms with Crippen LogP contribution in [0.5, 0.6) is 0 Å². The predicted octanol–water partition coefficient (Wildman–Crippen LogP) is 2.96. The average molecular weight is 652 g/mol. The van der Waals surface area contributed by atoms with E-state index in [1.165, 1.54) is 77.0 Å². The highest BCUT2D eigenvalue weighted by Gasteiger charge is 2.57. The van der Waals surface area contributed by atoms with Crippen molar-refractivity contribution in [2.24, 2.45) is 53.3 Å². The van der Waals surface area contributed by atoms with Crippen LogP contribution in [0.4, 0.5) is 0 Å². The molecular formula is C33H56Cl2N8O. The Hall–Kier alpha value is 0.220. The highest BCUT2D eigenvalue weighted by Crippen LogP contribution is 2.50. The van der Waals surface area contributed by atoms with E-state index in [4.69, 9.17) is 23.2 Å². The maximum Gasteiger partial charge on any atom is 0.218 e. The maximum absolute atomic E-state index is 11.0. The first kappa shape index (κ1) is 30.3. The minimum Gasteiger partial charge on any atom is -0.362 e. The molecule has 44 heavy (non-hydrogen) atoms. The molecule has 9 N–H and O–H groups in total. The first-order valence-electron chi connectivity index (χ1n) is 18.6. The summed E-state index contributed by atoms with van der Waals surface area (Å²) in [7, 11) is 0. The molecule has 8 bridgehead atoms. The van der Waals surface area contributed by atoms with Crippen LogP contribution in [0, 0.1) is 53.3 Å². The molecule has 4 saturated carbocycles. The fourth-order valence-electron chi connectivity index (χ4n) is 12.5. The maximum atomic E-state index is 11.0. The number of fused-ring (bicyclic) bond motifs is 20. The zero-order chi connectivity index (χ0) is 29.6. The van der Waals surface area contributed by atoms with Crippen molar-refractivity contribution < 1.29 is 5.11 Å². The summed E-state index contributed by atoms with van der Waals surface area (Å²) in [5.74, 6) is 4.21. The van der Waals surface area contributed by atoms with Crippen LogP contribution in [-0.2, 0) is 0 Å². The Labute approximate surface area is 273 Å². The molecule has 0 aromatic rings. The number of alkyl halides is 2. The van der Waals surface area contributed by atoms with E-state index >= 15 is 0 Å². The Morgan fingerprint density at radius 1 is 0.364 bits per heavy atom. The van der Waals surface area contributed by atoms with Gasteiger partial charge in [-0.15, -0.1) is 0 Å². The van der Waals surface area contributed by atoms with Crippen molar-refractivity contribution in [3.8, 4) is 0 Å². The van der Waals surface area contributed by atoms with Crippen molar-refractivity contribution in [3.05, 3.63) is 0 Å². The van der Waals surface area contributed by atoms with Gasteiger partial charge < -0.3 is 5.11 Å². The van der Waals surface area contributed by atoms with Gasteiger partial charge in [0.05, 0.1) is 49.3 Å². The van der Waals surface area contributed by atoms with Crippen LogP contribution in [0.1, 0.15) is 96.3 Å². The Bertz CT molecular complexity index is 1050. The molecule has 0 aromatic heterocycles. The number of aliphatic hydroxyl groups is 1. The SMILES string of the molecule is OC(Cl)(Cl)C1CCCC2C3NC4NC(NC5NC(NC6NC(NC(N3)C21)C1CCCCC61)C1CCCCC51)C1CCCCC41. The van der Waals surface area contributed by atoms with Gasteiger partial charge in [-0.25, -0.2) is 0 Å². The van der Waals surface area contributed by atoms with Crippen LogP contribution in [-0.4, -0.2) is 59.0 Å². The van der Waals surface area contributed by atoms with Gasteiger partial charge >= 0.3 is 0 Å². The smallest absolute Gasteiger partial charge is 0.218 e. The lowest BCUT2D eigenvalue weighted by Gasteiger charge is -2.42. The van der Waals surface area contributed by atoms with Crippen molar-refractivity contribution in [2.75, 3.05) is 0 Å². The molecule has 5 heterocycles. The molecule has 0 aromatic carbocycles. The fourth-order valence-corrected chi connectivity index (χ4v) is 13.0. The van der Waals surface area contributed by atoms with Crippen molar-refractivity contribution in [3.63, 3.8) is 0 Å². The van der Waals surface area contributed by atoms with Crippen molar-refractivity contribution >= 4 is 23.2 Å². The third kappa shape index (κ3) is 5.22. The first-order valence-corrected chi connectivity index (χ1v) is 19.4. The molecule has 248 valence electrons. The van der Waals surface area contributed by atoms with E-state index < -0.39 is 4.52 Å². The molecule has 17 atom stereocenters. The third-order valence-electron chi connectivity index (χ3n) is 14.3. The van der Waals surface area contributed by atoms with E-state index in [-0.39, 0.29) is 36.5 Å². The average Bonchev–Trinajstić information content (AvgIpc) is 3.76. The highest BCUT2D eigenvalue weighted by atomic mass is 35.5.